The summed E-state index contributed by atoms with van der Waals surface area (Å²) in [6.45, 7) is 6.31. The first kappa shape index (κ1) is 21.5. The fraction of sp³-hybridized carbons (Fsp3) is 0.333. The molecule has 1 saturated heterocycles. The largest absolute Gasteiger partial charge is 0.324 e. The lowest BCUT2D eigenvalue weighted by Crippen LogP contribution is -2.41. The maximum atomic E-state index is 13.3. The maximum absolute atomic E-state index is 13.3. The number of anilines is 1. The van der Waals surface area contributed by atoms with Crippen LogP contribution in [0.25, 0.3) is 10.9 Å². The number of hydrogen-bond donors (Lipinski definition) is 1. The Labute approximate surface area is 183 Å². The Kier molecular flexibility index (Phi) is 5.81. The van der Waals surface area contributed by atoms with Gasteiger partial charge >= 0.3 is 0 Å². The van der Waals surface area contributed by atoms with Crippen molar-refractivity contribution in [2.24, 2.45) is 5.92 Å². The van der Waals surface area contributed by atoms with Gasteiger partial charge in [0.05, 0.1) is 16.1 Å². The molecule has 0 spiro atoms. The highest BCUT2D eigenvalue weighted by atomic mass is 32.2. The molecule has 6 nitrogen and oxygen atoms in total. The number of rotatable bonds is 4. The molecule has 1 aliphatic rings. The van der Waals surface area contributed by atoms with Gasteiger partial charge in [-0.3, -0.25) is 9.78 Å². The van der Waals surface area contributed by atoms with Gasteiger partial charge < -0.3 is 5.32 Å². The Morgan fingerprint density at radius 2 is 1.68 bits per heavy atom. The van der Waals surface area contributed by atoms with Gasteiger partial charge in [0.15, 0.2) is 0 Å². The molecule has 0 saturated carbocycles. The van der Waals surface area contributed by atoms with Gasteiger partial charge in [-0.05, 0) is 56.9 Å². The lowest BCUT2D eigenvalue weighted by molar-refractivity contribution is -0.120. The quantitative estimate of drug-likeness (QED) is 0.663. The molecule has 1 fully saturated rings. The number of aromatic nitrogens is 1. The van der Waals surface area contributed by atoms with E-state index in [1.54, 1.807) is 6.20 Å². The molecule has 0 unspecified atom stereocenters. The van der Waals surface area contributed by atoms with Crippen LogP contribution in [0, 0.1) is 26.7 Å². The second-order valence-electron chi connectivity index (χ2n) is 8.28. The highest BCUT2D eigenvalue weighted by molar-refractivity contribution is 7.89. The zero-order valence-electron chi connectivity index (χ0n) is 18.1. The number of aryl methyl sites for hydroxylation is 3. The predicted molar refractivity (Wildman–Crippen MR) is 123 cm³/mol. The van der Waals surface area contributed by atoms with Crippen LogP contribution in [0.1, 0.15) is 29.5 Å². The molecule has 1 N–H and O–H groups in total. The molecule has 1 amide bonds. The van der Waals surface area contributed by atoms with Crippen molar-refractivity contribution in [2.75, 3.05) is 18.4 Å². The summed E-state index contributed by atoms with van der Waals surface area (Å²) in [4.78, 5) is 17.6. The maximum Gasteiger partial charge on any atom is 0.243 e. The number of pyridine rings is 1. The summed E-state index contributed by atoms with van der Waals surface area (Å²) < 4.78 is 28.1. The molecule has 1 aromatic heterocycles. The third-order valence-corrected chi connectivity index (χ3v) is 8.12. The van der Waals surface area contributed by atoms with Crippen LogP contribution in [0.5, 0.6) is 0 Å². The number of piperidine rings is 1. The van der Waals surface area contributed by atoms with E-state index in [4.69, 9.17) is 0 Å². The van der Waals surface area contributed by atoms with Gasteiger partial charge in [0.2, 0.25) is 15.9 Å². The number of amides is 1. The van der Waals surface area contributed by atoms with Crippen LogP contribution in [0.15, 0.2) is 53.6 Å². The highest BCUT2D eigenvalue weighted by Gasteiger charge is 2.33. The summed E-state index contributed by atoms with van der Waals surface area (Å²) in [5.74, 6) is -0.316. The molecular formula is C24H27N3O3S. The van der Waals surface area contributed by atoms with Crippen LogP contribution in [0.4, 0.5) is 5.69 Å². The molecule has 3 aromatic rings. The molecule has 0 atom stereocenters. The standard InChI is InChI=1S/C24H27N3O3S/c1-16-14-17(2)23(18(3)15-16)31(29,30)27-12-9-20(10-13-27)24(28)26-21-8-4-6-19-7-5-11-25-22(19)21/h4-8,11,14-15,20H,9-10,12-13H2,1-3H3,(H,26,28). The van der Waals surface area contributed by atoms with E-state index in [-0.39, 0.29) is 11.8 Å². The van der Waals surface area contributed by atoms with E-state index in [0.29, 0.717) is 36.5 Å². The molecular weight excluding hydrogens is 410 g/mol. The summed E-state index contributed by atoms with van der Waals surface area (Å²) in [7, 11) is -3.59. The second kappa shape index (κ2) is 8.40. The average Bonchev–Trinajstić information content (AvgIpc) is 2.73. The van der Waals surface area contributed by atoms with E-state index < -0.39 is 10.0 Å². The fourth-order valence-corrected chi connectivity index (χ4v) is 6.38. The van der Waals surface area contributed by atoms with E-state index in [2.05, 4.69) is 10.3 Å². The molecule has 2 aromatic carbocycles. The van der Waals surface area contributed by atoms with Crippen molar-refractivity contribution in [2.45, 2.75) is 38.5 Å². The summed E-state index contributed by atoms with van der Waals surface area (Å²) >= 11 is 0. The van der Waals surface area contributed by atoms with Gasteiger partial charge in [-0.2, -0.15) is 4.31 Å². The SMILES string of the molecule is Cc1cc(C)c(S(=O)(=O)N2CCC(C(=O)Nc3cccc4cccnc34)CC2)c(C)c1. The number of nitrogens with zero attached hydrogens (tertiary/aromatic N) is 2. The summed E-state index contributed by atoms with van der Waals surface area (Å²) in [5.41, 5.74) is 4.02. The van der Waals surface area contributed by atoms with Crippen molar-refractivity contribution < 1.29 is 13.2 Å². The zero-order chi connectivity index (χ0) is 22.2. The zero-order valence-corrected chi connectivity index (χ0v) is 18.9. The average molecular weight is 438 g/mol. The van der Waals surface area contributed by atoms with Crippen molar-refractivity contribution in [1.29, 1.82) is 0 Å². The minimum atomic E-state index is -3.59. The molecule has 1 aliphatic heterocycles. The number of sulfonamides is 1. The van der Waals surface area contributed by atoms with Crippen LogP contribution in [0.2, 0.25) is 0 Å². The monoisotopic (exact) mass is 437 g/mol. The minimum absolute atomic E-state index is 0.0853. The number of hydrogen-bond acceptors (Lipinski definition) is 4. The lowest BCUT2D eigenvalue weighted by atomic mass is 9.97. The Bertz CT molecular complexity index is 1220. The van der Waals surface area contributed by atoms with Gasteiger partial charge in [-0.1, -0.05) is 35.9 Å². The normalized spacial score (nSPS) is 15.8. The van der Waals surface area contributed by atoms with E-state index in [1.165, 1.54) is 4.31 Å². The topological polar surface area (TPSA) is 79.4 Å². The molecule has 31 heavy (non-hydrogen) atoms. The van der Waals surface area contributed by atoms with Crippen LogP contribution in [-0.2, 0) is 14.8 Å². The number of fused-ring (bicyclic) bond motifs is 1. The van der Waals surface area contributed by atoms with Crippen molar-refractivity contribution >= 4 is 32.5 Å². The predicted octanol–water partition coefficient (Wildman–Crippen LogP) is 4.20. The van der Waals surface area contributed by atoms with E-state index in [0.717, 1.165) is 27.6 Å². The third kappa shape index (κ3) is 4.20. The number of para-hydroxylation sites is 1. The lowest BCUT2D eigenvalue weighted by Gasteiger charge is -2.31. The fourth-order valence-electron chi connectivity index (χ4n) is 4.50. The second-order valence-corrected chi connectivity index (χ2v) is 10.2. The first-order valence-corrected chi connectivity index (χ1v) is 11.9. The van der Waals surface area contributed by atoms with Crippen molar-refractivity contribution in [3.05, 3.63) is 65.4 Å². The van der Waals surface area contributed by atoms with E-state index in [9.17, 15) is 13.2 Å². The van der Waals surface area contributed by atoms with Crippen LogP contribution in [-0.4, -0.2) is 36.7 Å². The molecule has 4 rings (SSSR count). The Hall–Kier alpha value is -2.77. The van der Waals surface area contributed by atoms with Crippen LogP contribution < -0.4 is 5.32 Å². The van der Waals surface area contributed by atoms with Crippen LogP contribution in [0.3, 0.4) is 0 Å². The van der Waals surface area contributed by atoms with Gasteiger partial charge in [0.1, 0.15) is 0 Å². The van der Waals surface area contributed by atoms with Gasteiger partial charge in [0.25, 0.3) is 0 Å². The van der Waals surface area contributed by atoms with Crippen molar-refractivity contribution in [1.82, 2.24) is 9.29 Å². The number of carbonyl (C=O) groups excluding carboxylic acids is 1. The Balaban J connectivity index is 1.46. The minimum Gasteiger partial charge on any atom is -0.324 e. The molecule has 0 radical (unpaired) electrons. The number of carbonyl (C=O) groups is 1. The first-order valence-electron chi connectivity index (χ1n) is 10.5. The van der Waals surface area contributed by atoms with Gasteiger partial charge in [0, 0.05) is 30.6 Å². The summed E-state index contributed by atoms with van der Waals surface area (Å²) in [6.07, 6.45) is 2.69. The highest BCUT2D eigenvalue weighted by Crippen LogP contribution is 2.30. The van der Waals surface area contributed by atoms with E-state index >= 15 is 0 Å². The summed E-state index contributed by atoms with van der Waals surface area (Å²) in [6, 6.07) is 13.3. The molecule has 0 bridgehead atoms. The first-order chi connectivity index (χ1) is 14.8. The number of nitrogens with one attached hydrogen (secondary N) is 1. The smallest absolute Gasteiger partial charge is 0.243 e. The molecule has 7 heteroatoms. The van der Waals surface area contributed by atoms with Crippen LogP contribution >= 0.6 is 0 Å². The summed E-state index contributed by atoms with van der Waals surface area (Å²) in [5, 5.41) is 3.96. The van der Waals surface area contributed by atoms with Gasteiger partial charge in [-0.25, -0.2) is 8.42 Å². The Morgan fingerprint density at radius 3 is 2.35 bits per heavy atom. The molecule has 2 heterocycles. The van der Waals surface area contributed by atoms with E-state index in [1.807, 2.05) is 63.2 Å². The van der Waals surface area contributed by atoms with Gasteiger partial charge in [-0.15, -0.1) is 0 Å². The third-order valence-electron chi connectivity index (χ3n) is 5.92. The van der Waals surface area contributed by atoms with Crippen molar-refractivity contribution in [3.63, 3.8) is 0 Å². The van der Waals surface area contributed by atoms with Crippen molar-refractivity contribution in [3.8, 4) is 0 Å². The molecule has 162 valence electrons. The Morgan fingerprint density at radius 1 is 1.03 bits per heavy atom. The number of benzene rings is 2. The molecule has 0 aliphatic carbocycles.